The number of hydrogen-bond donors (Lipinski definition) is 0. The molecule has 5 heteroatoms. The third kappa shape index (κ3) is 3.80. The smallest absolute Gasteiger partial charge is 0.339 e. The monoisotopic (exact) mass is 313 g/mol. The van der Waals surface area contributed by atoms with Gasteiger partial charge < -0.3 is 9.47 Å². The van der Waals surface area contributed by atoms with Gasteiger partial charge in [-0.05, 0) is 28.1 Å². The molecule has 0 aromatic heterocycles. The van der Waals surface area contributed by atoms with Crippen LogP contribution in [0.1, 0.15) is 10.4 Å². The van der Waals surface area contributed by atoms with Crippen LogP contribution in [0, 0.1) is 0 Å². The molecule has 0 spiro atoms. The fraction of sp³-hybridized carbons (Fsp3) is 0.462. The molecule has 18 heavy (non-hydrogen) atoms. The summed E-state index contributed by atoms with van der Waals surface area (Å²) in [5, 5.41) is 0. The van der Waals surface area contributed by atoms with Crippen molar-refractivity contribution in [2.45, 2.75) is 0 Å². The van der Waals surface area contributed by atoms with Gasteiger partial charge in [0.15, 0.2) is 0 Å². The first-order valence-electron chi connectivity index (χ1n) is 5.99. The Labute approximate surface area is 115 Å². The molecule has 4 nitrogen and oxygen atoms in total. The SMILES string of the molecule is O=C(OCCN1CCOCC1)c1ccccc1Br. The quantitative estimate of drug-likeness (QED) is 0.796. The van der Waals surface area contributed by atoms with Gasteiger partial charge in [0.2, 0.25) is 0 Å². The molecule has 1 heterocycles. The Morgan fingerprint density at radius 1 is 1.33 bits per heavy atom. The summed E-state index contributed by atoms with van der Waals surface area (Å²) in [6.07, 6.45) is 0. The molecule has 0 bridgehead atoms. The van der Waals surface area contributed by atoms with Crippen molar-refractivity contribution < 1.29 is 14.3 Å². The molecule has 0 N–H and O–H groups in total. The van der Waals surface area contributed by atoms with Gasteiger partial charge in [-0.1, -0.05) is 12.1 Å². The summed E-state index contributed by atoms with van der Waals surface area (Å²) in [6.45, 7) is 4.52. The molecule has 0 unspecified atom stereocenters. The highest BCUT2D eigenvalue weighted by Gasteiger charge is 2.13. The van der Waals surface area contributed by atoms with Crippen molar-refractivity contribution in [1.82, 2.24) is 4.90 Å². The van der Waals surface area contributed by atoms with Gasteiger partial charge in [-0.25, -0.2) is 4.79 Å². The number of morpholine rings is 1. The lowest BCUT2D eigenvalue weighted by molar-refractivity contribution is 0.0195. The second-order valence-corrected chi connectivity index (χ2v) is 4.92. The number of hydrogen-bond acceptors (Lipinski definition) is 4. The Kier molecular flexibility index (Phi) is 5.16. The maximum absolute atomic E-state index is 11.8. The number of benzene rings is 1. The van der Waals surface area contributed by atoms with E-state index in [-0.39, 0.29) is 5.97 Å². The van der Waals surface area contributed by atoms with Gasteiger partial charge in [0.1, 0.15) is 6.61 Å². The minimum absolute atomic E-state index is 0.282. The van der Waals surface area contributed by atoms with Gasteiger partial charge in [0, 0.05) is 24.1 Å². The molecule has 1 saturated heterocycles. The number of halogens is 1. The van der Waals surface area contributed by atoms with Crippen LogP contribution in [-0.4, -0.2) is 50.3 Å². The fourth-order valence-electron chi connectivity index (χ4n) is 1.80. The molecule has 2 rings (SSSR count). The standard InChI is InChI=1S/C13H16BrNO3/c14-12-4-2-1-3-11(12)13(16)18-10-7-15-5-8-17-9-6-15/h1-4H,5-10H2. The van der Waals surface area contributed by atoms with Crippen LogP contribution in [0.3, 0.4) is 0 Å². The Hall–Kier alpha value is -0.910. The molecule has 1 aromatic rings. The molecular formula is C13H16BrNO3. The van der Waals surface area contributed by atoms with Gasteiger partial charge in [-0.2, -0.15) is 0 Å². The largest absolute Gasteiger partial charge is 0.461 e. The molecule has 0 amide bonds. The zero-order valence-corrected chi connectivity index (χ0v) is 11.7. The molecule has 98 valence electrons. The molecular weight excluding hydrogens is 298 g/mol. The Balaban J connectivity index is 1.76. The average molecular weight is 314 g/mol. The predicted octanol–water partition coefficient (Wildman–Crippen LogP) is 1.94. The van der Waals surface area contributed by atoms with E-state index in [4.69, 9.17) is 9.47 Å². The van der Waals surface area contributed by atoms with E-state index in [2.05, 4.69) is 20.8 Å². The average Bonchev–Trinajstić information content (AvgIpc) is 2.40. The topological polar surface area (TPSA) is 38.8 Å². The Bertz CT molecular complexity index is 405. The third-order valence-corrected chi connectivity index (χ3v) is 3.53. The van der Waals surface area contributed by atoms with Crippen molar-refractivity contribution in [2.75, 3.05) is 39.5 Å². The lowest BCUT2D eigenvalue weighted by Gasteiger charge is -2.26. The summed E-state index contributed by atoms with van der Waals surface area (Å²) in [6, 6.07) is 7.28. The van der Waals surface area contributed by atoms with Crippen molar-refractivity contribution in [3.8, 4) is 0 Å². The predicted molar refractivity (Wildman–Crippen MR) is 71.7 cm³/mol. The molecule has 0 aliphatic carbocycles. The summed E-state index contributed by atoms with van der Waals surface area (Å²) < 4.78 is 11.3. The van der Waals surface area contributed by atoms with E-state index < -0.39 is 0 Å². The second-order valence-electron chi connectivity index (χ2n) is 4.07. The van der Waals surface area contributed by atoms with Crippen LogP contribution in [0.5, 0.6) is 0 Å². The molecule has 0 atom stereocenters. The molecule has 1 aliphatic rings. The minimum Gasteiger partial charge on any atom is -0.461 e. The minimum atomic E-state index is -0.282. The van der Waals surface area contributed by atoms with Crippen LogP contribution in [-0.2, 0) is 9.47 Å². The van der Waals surface area contributed by atoms with E-state index in [1.165, 1.54) is 0 Å². The van der Waals surface area contributed by atoms with Crippen molar-refractivity contribution in [1.29, 1.82) is 0 Å². The number of ether oxygens (including phenoxy) is 2. The van der Waals surface area contributed by atoms with E-state index in [0.717, 1.165) is 37.3 Å². The highest BCUT2D eigenvalue weighted by molar-refractivity contribution is 9.10. The van der Waals surface area contributed by atoms with E-state index in [1.54, 1.807) is 6.07 Å². The Morgan fingerprint density at radius 3 is 2.78 bits per heavy atom. The van der Waals surface area contributed by atoms with Gasteiger partial charge in [-0.15, -0.1) is 0 Å². The normalized spacial score (nSPS) is 16.5. The second kappa shape index (κ2) is 6.87. The summed E-state index contributed by atoms with van der Waals surface area (Å²) in [5.41, 5.74) is 0.569. The number of carbonyl (C=O) groups is 1. The summed E-state index contributed by atoms with van der Waals surface area (Å²) in [7, 11) is 0. The van der Waals surface area contributed by atoms with Gasteiger partial charge in [0.25, 0.3) is 0 Å². The van der Waals surface area contributed by atoms with Crippen LogP contribution in [0.2, 0.25) is 0 Å². The zero-order chi connectivity index (χ0) is 12.8. The van der Waals surface area contributed by atoms with Crippen molar-refractivity contribution >= 4 is 21.9 Å². The Morgan fingerprint density at radius 2 is 2.06 bits per heavy atom. The molecule has 1 aliphatic heterocycles. The highest BCUT2D eigenvalue weighted by atomic mass is 79.9. The first-order chi connectivity index (χ1) is 8.77. The van der Waals surface area contributed by atoms with Crippen LogP contribution in [0.4, 0.5) is 0 Å². The molecule has 0 saturated carbocycles. The van der Waals surface area contributed by atoms with Crippen LogP contribution < -0.4 is 0 Å². The third-order valence-electron chi connectivity index (χ3n) is 2.84. The van der Waals surface area contributed by atoms with Crippen molar-refractivity contribution in [2.24, 2.45) is 0 Å². The first-order valence-corrected chi connectivity index (χ1v) is 6.78. The van der Waals surface area contributed by atoms with Crippen molar-refractivity contribution in [3.05, 3.63) is 34.3 Å². The summed E-state index contributed by atoms with van der Waals surface area (Å²) >= 11 is 3.34. The first kappa shape index (κ1) is 13.5. The van der Waals surface area contributed by atoms with E-state index >= 15 is 0 Å². The molecule has 0 radical (unpaired) electrons. The van der Waals surface area contributed by atoms with E-state index in [9.17, 15) is 4.79 Å². The highest BCUT2D eigenvalue weighted by Crippen LogP contribution is 2.16. The lowest BCUT2D eigenvalue weighted by atomic mass is 10.2. The van der Waals surface area contributed by atoms with Crippen LogP contribution in [0.25, 0.3) is 0 Å². The zero-order valence-electron chi connectivity index (χ0n) is 10.1. The number of nitrogens with zero attached hydrogens (tertiary/aromatic N) is 1. The van der Waals surface area contributed by atoms with Gasteiger partial charge in [0.05, 0.1) is 18.8 Å². The maximum atomic E-state index is 11.8. The number of esters is 1. The lowest BCUT2D eigenvalue weighted by Crippen LogP contribution is -2.38. The number of carbonyl (C=O) groups excluding carboxylic acids is 1. The van der Waals surface area contributed by atoms with E-state index in [0.29, 0.717) is 12.2 Å². The van der Waals surface area contributed by atoms with Crippen molar-refractivity contribution in [3.63, 3.8) is 0 Å². The van der Waals surface area contributed by atoms with Gasteiger partial charge >= 0.3 is 5.97 Å². The number of rotatable bonds is 4. The maximum Gasteiger partial charge on any atom is 0.339 e. The molecule has 1 fully saturated rings. The summed E-state index contributed by atoms with van der Waals surface area (Å²) in [5.74, 6) is -0.282. The van der Waals surface area contributed by atoms with E-state index in [1.807, 2.05) is 18.2 Å². The fourth-order valence-corrected chi connectivity index (χ4v) is 2.24. The summed E-state index contributed by atoms with van der Waals surface area (Å²) in [4.78, 5) is 14.0. The van der Waals surface area contributed by atoms with Crippen LogP contribution >= 0.6 is 15.9 Å². The van der Waals surface area contributed by atoms with Gasteiger partial charge in [-0.3, -0.25) is 4.90 Å². The molecule has 1 aromatic carbocycles. The van der Waals surface area contributed by atoms with Crippen LogP contribution in [0.15, 0.2) is 28.7 Å².